The Bertz CT molecular complexity index is 976. The van der Waals surface area contributed by atoms with Gasteiger partial charge in [0.25, 0.3) is 0 Å². The molecule has 0 radical (unpaired) electrons. The van der Waals surface area contributed by atoms with E-state index in [1.165, 1.54) is 23.3 Å². The average molecular weight is 380 g/mol. The molecule has 0 fully saturated rings. The van der Waals surface area contributed by atoms with E-state index >= 15 is 4.39 Å². The monoisotopic (exact) mass is 380 g/mol. The Hall–Kier alpha value is -2.92. The molecule has 0 amide bonds. The first kappa shape index (κ1) is 18.4. The van der Waals surface area contributed by atoms with Gasteiger partial charge in [-0.3, -0.25) is 0 Å². The number of hydrogen-bond donors (Lipinski definition) is 2. The molecular weight excluding hydrogens is 358 g/mol. The van der Waals surface area contributed by atoms with Crippen LogP contribution in [0.4, 0.5) is 14.5 Å². The zero-order valence-electron chi connectivity index (χ0n) is 15.6. The molecule has 0 unspecified atom stereocenters. The predicted molar refractivity (Wildman–Crippen MR) is 107 cm³/mol. The van der Waals surface area contributed by atoms with E-state index in [9.17, 15) is 4.39 Å². The number of halogens is 2. The minimum atomic E-state index is -0.718. The summed E-state index contributed by atoms with van der Waals surface area (Å²) in [5, 5.41) is 6.77. The Morgan fingerprint density at radius 2 is 1.82 bits per heavy atom. The SMILES string of the molecule is CC[C@H](Nc1cccc2c1CNC2)c1ccc(F)c(Oc2ccccc2)c1F. The summed E-state index contributed by atoms with van der Waals surface area (Å²) in [5.74, 6) is -1.37. The lowest BCUT2D eigenvalue weighted by Gasteiger charge is -2.22. The molecule has 0 aliphatic carbocycles. The zero-order valence-corrected chi connectivity index (χ0v) is 15.6. The van der Waals surface area contributed by atoms with Crippen LogP contribution in [-0.4, -0.2) is 0 Å². The molecule has 4 rings (SSSR count). The fourth-order valence-electron chi connectivity index (χ4n) is 3.57. The van der Waals surface area contributed by atoms with Crippen LogP contribution in [0.15, 0.2) is 60.7 Å². The third kappa shape index (κ3) is 3.58. The molecule has 3 aromatic carbocycles. The van der Waals surface area contributed by atoms with Crippen molar-refractivity contribution in [2.24, 2.45) is 0 Å². The molecule has 2 N–H and O–H groups in total. The fraction of sp³-hybridized carbons (Fsp3) is 0.217. The Balaban J connectivity index is 1.66. The van der Waals surface area contributed by atoms with Gasteiger partial charge in [-0.1, -0.05) is 43.3 Å². The molecule has 28 heavy (non-hydrogen) atoms. The van der Waals surface area contributed by atoms with Crippen LogP contribution in [0, 0.1) is 11.6 Å². The lowest BCUT2D eigenvalue weighted by Crippen LogP contribution is -2.14. The molecule has 3 aromatic rings. The van der Waals surface area contributed by atoms with Crippen LogP contribution in [0.2, 0.25) is 0 Å². The average Bonchev–Trinajstić information content (AvgIpc) is 3.20. The summed E-state index contributed by atoms with van der Waals surface area (Å²) < 4.78 is 35.0. The van der Waals surface area contributed by atoms with E-state index in [-0.39, 0.29) is 11.8 Å². The highest BCUT2D eigenvalue weighted by atomic mass is 19.1. The highest BCUT2D eigenvalue weighted by molar-refractivity contribution is 5.57. The molecular formula is C23H22F2N2O. The van der Waals surface area contributed by atoms with Gasteiger partial charge in [0.2, 0.25) is 0 Å². The van der Waals surface area contributed by atoms with E-state index in [4.69, 9.17) is 4.74 Å². The van der Waals surface area contributed by atoms with Gasteiger partial charge in [-0.25, -0.2) is 8.78 Å². The largest absolute Gasteiger partial charge is 0.451 e. The van der Waals surface area contributed by atoms with E-state index in [1.54, 1.807) is 24.3 Å². The van der Waals surface area contributed by atoms with Gasteiger partial charge in [0, 0.05) is 24.3 Å². The van der Waals surface area contributed by atoms with E-state index in [2.05, 4.69) is 16.7 Å². The molecule has 144 valence electrons. The lowest BCUT2D eigenvalue weighted by molar-refractivity contribution is 0.402. The summed E-state index contributed by atoms with van der Waals surface area (Å²) in [6.07, 6.45) is 0.643. The quantitative estimate of drug-likeness (QED) is 0.557. The molecule has 3 nitrogen and oxygen atoms in total. The Morgan fingerprint density at radius 1 is 1.00 bits per heavy atom. The van der Waals surface area contributed by atoms with E-state index < -0.39 is 11.6 Å². The van der Waals surface area contributed by atoms with Gasteiger partial charge in [0.05, 0.1) is 6.04 Å². The Kier molecular flexibility index (Phi) is 5.26. The minimum Gasteiger partial charge on any atom is -0.451 e. The summed E-state index contributed by atoms with van der Waals surface area (Å²) >= 11 is 0. The van der Waals surface area contributed by atoms with Crippen LogP contribution in [0.3, 0.4) is 0 Å². The molecule has 1 aliphatic heterocycles. The number of fused-ring (bicyclic) bond motifs is 1. The maximum absolute atomic E-state index is 15.2. The molecule has 0 aromatic heterocycles. The number of rotatable bonds is 6. The van der Waals surface area contributed by atoms with Crippen LogP contribution in [0.1, 0.15) is 36.1 Å². The zero-order chi connectivity index (χ0) is 19.5. The number of para-hydroxylation sites is 1. The Labute approximate surface area is 163 Å². The molecule has 1 aliphatic rings. The second-order valence-electron chi connectivity index (χ2n) is 6.85. The normalized spacial score (nSPS) is 13.8. The van der Waals surface area contributed by atoms with Crippen molar-refractivity contribution in [2.75, 3.05) is 5.32 Å². The first-order valence-electron chi connectivity index (χ1n) is 9.46. The first-order valence-corrected chi connectivity index (χ1v) is 9.46. The lowest BCUT2D eigenvalue weighted by atomic mass is 10.0. The fourth-order valence-corrected chi connectivity index (χ4v) is 3.57. The third-order valence-electron chi connectivity index (χ3n) is 5.05. The highest BCUT2D eigenvalue weighted by Gasteiger charge is 2.23. The van der Waals surface area contributed by atoms with Gasteiger partial charge in [-0.05, 0) is 41.8 Å². The molecule has 1 heterocycles. The summed E-state index contributed by atoms with van der Waals surface area (Å²) in [6, 6.07) is 17.2. The van der Waals surface area contributed by atoms with E-state index in [0.29, 0.717) is 17.7 Å². The molecule has 1 atom stereocenters. The van der Waals surface area contributed by atoms with E-state index in [0.717, 1.165) is 18.8 Å². The van der Waals surface area contributed by atoms with Gasteiger partial charge >= 0.3 is 0 Å². The highest BCUT2D eigenvalue weighted by Crippen LogP contribution is 2.35. The summed E-state index contributed by atoms with van der Waals surface area (Å²) in [7, 11) is 0. The molecule has 0 saturated carbocycles. The van der Waals surface area contributed by atoms with Crippen LogP contribution >= 0.6 is 0 Å². The maximum atomic E-state index is 15.2. The van der Waals surface area contributed by atoms with E-state index in [1.807, 2.05) is 25.1 Å². The summed E-state index contributed by atoms with van der Waals surface area (Å²) in [4.78, 5) is 0. The number of anilines is 1. The van der Waals surface area contributed by atoms with Crippen molar-refractivity contribution in [3.05, 3.63) is 89.0 Å². The van der Waals surface area contributed by atoms with Crippen molar-refractivity contribution < 1.29 is 13.5 Å². The third-order valence-corrected chi connectivity index (χ3v) is 5.05. The smallest absolute Gasteiger partial charge is 0.198 e. The number of hydrogen-bond acceptors (Lipinski definition) is 3. The van der Waals surface area contributed by atoms with Crippen LogP contribution in [-0.2, 0) is 13.1 Å². The standard InChI is InChI=1S/C23H22F2N2O/c1-2-20(27-21-10-6-7-15-13-26-14-18(15)21)17-11-12-19(24)23(22(17)25)28-16-8-4-3-5-9-16/h3-12,20,26-27H,2,13-14H2,1H3/t20-/m0/s1. The van der Waals surface area contributed by atoms with Crippen molar-refractivity contribution in [3.8, 4) is 11.5 Å². The number of nitrogens with one attached hydrogen (secondary N) is 2. The van der Waals surface area contributed by atoms with Gasteiger partial charge in [-0.2, -0.15) is 0 Å². The summed E-state index contributed by atoms with van der Waals surface area (Å²) in [5.41, 5.74) is 3.80. The first-order chi connectivity index (χ1) is 13.7. The molecule has 5 heteroatoms. The van der Waals surface area contributed by atoms with Crippen LogP contribution in [0.5, 0.6) is 11.5 Å². The Morgan fingerprint density at radius 3 is 2.61 bits per heavy atom. The topological polar surface area (TPSA) is 33.3 Å². The van der Waals surface area contributed by atoms with Crippen molar-refractivity contribution in [1.29, 1.82) is 0 Å². The van der Waals surface area contributed by atoms with Crippen molar-refractivity contribution in [2.45, 2.75) is 32.5 Å². The van der Waals surface area contributed by atoms with Gasteiger partial charge < -0.3 is 15.4 Å². The van der Waals surface area contributed by atoms with Crippen LogP contribution < -0.4 is 15.4 Å². The van der Waals surface area contributed by atoms with Crippen molar-refractivity contribution in [3.63, 3.8) is 0 Å². The summed E-state index contributed by atoms with van der Waals surface area (Å²) in [6.45, 7) is 3.59. The number of ether oxygens (including phenoxy) is 1. The second-order valence-corrected chi connectivity index (χ2v) is 6.85. The second kappa shape index (κ2) is 7.98. The van der Waals surface area contributed by atoms with Crippen molar-refractivity contribution in [1.82, 2.24) is 5.32 Å². The maximum Gasteiger partial charge on any atom is 0.198 e. The molecule has 0 saturated heterocycles. The minimum absolute atomic E-state index is 0.300. The van der Waals surface area contributed by atoms with Gasteiger partial charge in [-0.15, -0.1) is 0 Å². The van der Waals surface area contributed by atoms with Crippen LogP contribution in [0.25, 0.3) is 0 Å². The van der Waals surface area contributed by atoms with Crippen molar-refractivity contribution >= 4 is 5.69 Å². The molecule has 0 bridgehead atoms. The number of benzene rings is 3. The van der Waals surface area contributed by atoms with Gasteiger partial charge in [0.1, 0.15) is 5.75 Å². The molecule has 0 spiro atoms. The predicted octanol–water partition coefficient (Wildman–Crippen LogP) is 5.92. The van der Waals surface area contributed by atoms with Gasteiger partial charge in [0.15, 0.2) is 17.4 Å².